The van der Waals surface area contributed by atoms with E-state index in [1.165, 1.54) is 19.4 Å². The maximum absolute atomic E-state index is 8.36. The lowest BCUT2D eigenvalue weighted by molar-refractivity contribution is -0.122. The Bertz CT molecular complexity index is 282. The van der Waals surface area contributed by atoms with Crippen LogP contribution in [0.4, 0.5) is 0 Å². The van der Waals surface area contributed by atoms with Crippen LogP contribution in [0.25, 0.3) is 0 Å². The highest BCUT2D eigenvalue weighted by Gasteiger charge is 2.05. The predicted octanol–water partition coefficient (Wildman–Crippen LogP) is 2.44. The molecule has 0 saturated heterocycles. The molecule has 1 aliphatic heterocycles. The molecule has 1 N–H and O–H groups in total. The molecular weight excluding hydrogens is 232 g/mol. The fraction of sp³-hybridized carbons (Fsp3) is 0.462. The summed E-state index contributed by atoms with van der Waals surface area (Å²) in [6.45, 7) is 4.25. The average molecular weight is 254 g/mol. The third-order valence-corrected chi connectivity index (χ3v) is 2.16. The van der Waals surface area contributed by atoms with Gasteiger partial charge in [0.1, 0.15) is 0 Å². The summed E-state index contributed by atoms with van der Waals surface area (Å²) in [5, 5.41) is 6.89. The van der Waals surface area contributed by atoms with Crippen molar-refractivity contribution >= 4 is 6.47 Å². The molecule has 1 aromatic heterocycles. The number of unbranched alkanes of at least 4 members (excludes halogenated alkanes) is 1. The van der Waals surface area contributed by atoms with Gasteiger partial charge in [0.2, 0.25) is 0 Å². The average Bonchev–Trinajstić information content (AvgIpc) is 3.01. The molecule has 0 atom stereocenters. The topological polar surface area (TPSA) is 56.9 Å². The van der Waals surface area contributed by atoms with E-state index in [9.17, 15) is 0 Å². The van der Waals surface area contributed by atoms with E-state index in [4.69, 9.17) is 9.90 Å². The summed E-state index contributed by atoms with van der Waals surface area (Å²) in [6.07, 6.45) is 10.1. The van der Waals surface area contributed by atoms with Crippen molar-refractivity contribution in [2.45, 2.75) is 19.8 Å². The number of rotatable bonds is 3. The Kier molecular flexibility index (Phi) is 10.3. The molecule has 5 heteroatoms. The van der Waals surface area contributed by atoms with Crippen molar-refractivity contribution in [2.24, 2.45) is 0 Å². The first-order valence-corrected chi connectivity index (χ1v) is 5.92. The van der Waals surface area contributed by atoms with Gasteiger partial charge in [0.25, 0.3) is 6.47 Å². The van der Waals surface area contributed by atoms with Crippen molar-refractivity contribution in [1.82, 2.24) is 9.80 Å². The number of carbonyl (C=O) groups is 1. The largest absolute Gasteiger partial charge is 0.483 e. The summed E-state index contributed by atoms with van der Waals surface area (Å²) in [7, 11) is 2.10. The van der Waals surface area contributed by atoms with Crippen molar-refractivity contribution < 1.29 is 14.3 Å². The molecule has 0 unspecified atom stereocenters. The Morgan fingerprint density at radius 2 is 1.94 bits per heavy atom. The van der Waals surface area contributed by atoms with Crippen LogP contribution < -0.4 is 0 Å². The fourth-order valence-electron chi connectivity index (χ4n) is 1.32. The minimum absolute atomic E-state index is 0.250. The number of hydrogen-bond acceptors (Lipinski definition) is 4. The molecule has 0 saturated carbocycles. The van der Waals surface area contributed by atoms with E-state index >= 15 is 0 Å². The zero-order valence-corrected chi connectivity index (χ0v) is 11.0. The highest BCUT2D eigenvalue weighted by Crippen LogP contribution is 2.04. The van der Waals surface area contributed by atoms with Gasteiger partial charge in [-0.3, -0.25) is 4.79 Å². The molecular formula is C13H22N2O3. The molecule has 1 aromatic rings. The Morgan fingerprint density at radius 3 is 2.28 bits per heavy atom. The molecule has 0 aromatic carbocycles. The summed E-state index contributed by atoms with van der Waals surface area (Å²) in [5.74, 6) is 0. The van der Waals surface area contributed by atoms with Gasteiger partial charge in [0.05, 0.1) is 19.2 Å². The van der Waals surface area contributed by atoms with Crippen LogP contribution >= 0.6 is 0 Å². The molecule has 0 fully saturated rings. The molecule has 18 heavy (non-hydrogen) atoms. The van der Waals surface area contributed by atoms with Gasteiger partial charge >= 0.3 is 0 Å². The molecule has 0 bridgehead atoms. The lowest BCUT2D eigenvalue weighted by atomic mass is 10.3. The molecule has 2 rings (SSSR count). The SMILES string of the molecule is CCCCN1C=CN(C)C1.O=CO.c1ccoc1. The second-order valence-corrected chi connectivity index (χ2v) is 3.76. The Hall–Kier alpha value is -1.91. The van der Waals surface area contributed by atoms with Gasteiger partial charge in [-0.05, 0) is 18.6 Å². The smallest absolute Gasteiger partial charge is 0.290 e. The van der Waals surface area contributed by atoms with Gasteiger partial charge < -0.3 is 19.3 Å². The van der Waals surface area contributed by atoms with Crippen molar-refractivity contribution in [1.29, 1.82) is 0 Å². The van der Waals surface area contributed by atoms with E-state index in [2.05, 4.69) is 40.6 Å². The van der Waals surface area contributed by atoms with E-state index in [0.29, 0.717) is 0 Å². The summed E-state index contributed by atoms with van der Waals surface area (Å²) in [4.78, 5) is 12.9. The van der Waals surface area contributed by atoms with Gasteiger partial charge in [0.15, 0.2) is 0 Å². The van der Waals surface area contributed by atoms with E-state index in [-0.39, 0.29) is 6.47 Å². The Labute approximate surface area is 108 Å². The van der Waals surface area contributed by atoms with E-state index in [0.717, 1.165) is 6.67 Å². The standard InChI is InChI=1S/C8H16N2.C4H4O.CH2O2/c1-3-4-5-10-7-6-9(2)8-10;1-2-4-5-3-1;2-1-3/h6-7H,3-5,8H2,1-2H3;1-4H;1H,(H,2,3). The number of nitrogens with zero attached hydrogens (tertiary/aromatic N) is 2. The number of carboxylic acid groups (broad SMARTS) is 1. The fourth-order valence-corrected chi connectivity index (χ4v) is 1.32. The van der Waals surface area contributed by atoms with Crippen LogP contribution in [-0.2, 0) is 4.79 Å². The lowest BCUT2D eigenvalue weighted by Gasteiger charge is -2.17. The van der Waals surface area contributed by atoms with Crippen molar-refractivity contribution in [3.63, 3.8) is 0 Å². The highest BCUT2D eigenvalue weighted by atomic mass is 16.3. The summed E-state index contributed by atoms with van der Waals surface area (Å²) < 4.78 is 4.58. The maximum atomic E-state index is 8.36. The molecule has 0 spiro atoms. The van der Waals surface area contributed by atoms with E-state index in [1.54, 1.807) is 12.5 Å². The first kappa shape index (κ1) is 16.1. The second-order valence-electron chi connectivity index (χ2n) is 3.76. The van der Waals surface area contributed by atoms with Gasteiger partial charge in [0, 0.05) is 26.0 Å². The minimum Gasteiger partial charge on any atom is -0.483 e. The molecule has 1 aliphatic rings. The predicted molar refractivity (Wildman–Crippen MR) is 70.8 cm³/mol. The van der Waals surface area contributed by atoms with Crippen molar-refractivity contribution in [2.75, 3.05) is 20.3 Å². The van der Waals surface area contributed by atoms with Crippen LogP contribution in [0, 0.1) is 0 Å². The third-order valence-electron chi connectivity index (χ3n) is 2.16. The Morgan fingerprint density at radius 1 is 1.33 bits per heavy atom. The molecule has 2 heterocycles. The number of furan rings is 1. The molecule has 0 aliphatic carbocycles. The van der Waals surface area contributed by atoms with Gasteiger partial charge in [-0.25, -0.2) is 0 Å². The first-order chi connectivity index (χ1) is 8.74. The monoisotopic (exact) mass is 254 g/mol. The summed E-state index contributed by atoms with van der Waals surface area (Å²) in [6, 6.07) is 3.67. The van der Waals surface area contributed by atoms with E-state index < -0.39 is 0 Å². The molecule has 0 amide bonds. The van der Waals surface area contributed by atoms with Crippen LogP contribution in [0.3, 0.4) is 0 Å². The van der Waals surface area contributed by atoms with Crippen molar-refractivity contribution in [3.8, 4) is 0 Å². The van der Waals surface area contributed by atoms with Crippen LogP contribution in [-0.4, -0.2) is 41.6 Å². The van der Waals surface area contributed by atoms with Gasteiger partial charge in [-0.15, -0.1) is 0 Å². The van der Waals surface area contributed by atoms with Gasteiger partial charge in [-0.2, -0.15) is 0 Å². The molecule has 102 valence electrons. The Balaban J connectivity index is 0.000000301. The van der Waals surface area contributed by atoms with Crippen LogP contribution in [0.5, 0.6) is 0 Å². The van der Waals surface area contributed by atoms with E-state index in [1.807, 2.05) is 12.1 Å². The van der Waals surface area contributed by atoms with Crippen molar-refractivity contribution in [3.05, 3.63) is 37.1 Å². The van der Waals surface area contributed by atoms with Crippen LogP contribution in [0.2, 0.25) is 0 Å². The highest BCUT2D eigenvalue weighted by molar-refractivity contribution is 5.32. The third kappa shape index (κ3) is 9.33. The normalized spacial score (nSPS) is 12.3. The second kappa shape index (κ2) is 11.6. The van der Waals surface area contributed by atoms with Crippen LogP contribution in [0.1, 0.15) is 19.8 Å². The minimum atomic E-state index is -0.250. The first-order valence-electron chi connectivity index (χ1n) is 5.92. The zero-order valence-electron chi connectivity index (χ0n) is 11.0. The zero-order chi connectivity index (χ0) is 13.6. The molecule has 0 radical (unpaired) electrons. The number of hydrogen-bond donors (Lipinski definition) is 1. The molecule has 5 nitrogen and oxygen atoms in total. The lowest BCUT2D eigenvalue weighted by Crippen LogP contribution is -2.23. The quantitative estimate of drug-likeness (QED) is 0.840. The van der Waals surface area contributed by atoms with Crippen LogP contribution in [0.15, 0.2) is 41.5 Å². The maximum Gasteiger partial charge on any atom is 0.290 e. The summed E-state index contributed by atoms with van der Waals surface area (Å²) in [5.41, 5.74) is 0. The summed E-state index contributed by atoms with van der Waals surface area (Å²) >= 11 is 0. The van der Waals surface area contributed by atoms with Gasteiger partial charge in [-0.1, -0.05) is 13.3 Å².